The molecule has 29 heavy (non-hydrogen) atoms. The van der Waals surface area contributed by atoms with Crippen LogP contribution in [-0.2, 0) is 6.54 Å². The first kappa shape index (κ1) is 25.1. The van der Waals surface area contributed by atoms with Gasteiger partial charge in [-0.3, -0.25) is 9.67 Å². The molecule has 1 aromatic heterocycles. The van der Waals surface area contributed by atoms with E-state index in [9.17, 15) is 0 Å². The Hall–Kier alpha value is -1.97. The molecule has 162 valence electrons. The molecule has 0 bridgehead atoms. The number of hydrogen-bond donors (Lipinski definition) is 2. The second-order valence-corrected chi connectivity index (χ2v) is 7.16. The van der Waals surface area contributed by atoms with E-state index in [1.54, 1.807) is 14.2 Å². The van der Waals surface area contributed by atoms with Gasteiger partial charge in [0.1, 0.15) is 17.6 Å². The van der Waals surface area contributed by atoms with Crippen molar-refractivity contribution in [3.8, 4) is 11.5 Å². The normalized spacial score (nSPS) is 13.2. The van der Waals surface area contributed by atoms with Crippen molar-refractivity contribution < 1.29 is 9.47 Å². The van der Waals surface area contributed by atoms with E-state index in [1.165, 1.54) is 5.69 Å². The number of hydrogen-bond acceptors (Lipinski definition) is 4. The van der Waals surface area contributed by atoms with Crippen LogP contribution in [0.3, 0.4) is 0 Å². The van der Waals surface area contributed by atoms with Crippen molar-refractivity contribution in [2.75, 3.05) is 27.2 Å². The van der Waals surface area contributed by atoms with Gasteiger partial charge in [0.2, 0.25) is 0 Å². The Bertz CT molecular complexity index is 778. The SMILES string of the molecule is CN=C(NCC(C)Cn1nc(C)cc1C)NCC(C)Oc1cccc(OC)c1.I. The van der Waals surface area contributed by atoms with Crippen molar-refractivity contribution in [2.45, 2.75) is 40.3 Å². The molecule has 0 saturated heterocycles. The van der Waals surface area contributed by atoms with Crippen LogP contribution in [0.5, 0.6) is 11.5 Å². The summed E-state index contributed by atoms with van der Waals surface area (Å²) < 4.78 is 13.2. The van der Waals surface area contributed by atoms with Crippen molar-refractivity contribution >= 4 is 29.9 Å². The van der Waals surface area contributed by atoms with Crippen LogP contribution in [0.2, 0.25) is 0 Å². The number of halogens is 1. The van der Waals surface area contributed by atoms with Crippen molar-refractivity contribution in [2.24, 2.45) is 10.9 Å². The molecular weight excluding hydrogens is 481 g/mol. The quantitative estimate of drug-likeness (QED) is 0.305. The highest BCUT2D eigenvalue weighted by molar-refractivity contribution is 14.0. The molecule has 2 unspecified atom stereocenters. The van der Waals surface area contributed by atoms with Crippen LogP contribution < -0.4 is 20.1 Å². The van der Waals surface area contributed by atoms with Gasteiger partial charge in [0.05, 0.1) is 19.3 Å². The molecule has 0 radical (unpaired) electrons. The number of benzene rings is 1. The molecule has 7 nitrogen and oxygen atoms in total. The first-order valence-electron chi connectivity index (χ1n) is 9.67. The summed E-state index contributed by atoms with van der Waals surface area (Å²) >= 11 is 0. The molecule has 0 amide bonds. The summed E-state index contributed by atoms with van der Waals surface area (Å²) in [5, 5.41) is 11.2. The molecule has 8 heteroatoms. The standard InChI is InChI=1S/C21H33N5O2.HI/c1-15(14-26-17(3)10-16(2)25-26)12-23-21(22-5)24-13-18(4)28-20-9-7-8-19(11-20)27-6;/h7-11,15,18H,12-14H2,1-6H3,(H2,22,23,24);1H. The number of methoxy groups -OCH3 is 1. The molecule has 1 aromatic carbocycles. The molecule has 2 atom stereocenters. The van der Waals surface area contributed by atoms with Crippen LogP contribution in [0, 0.1) is 19.8 Å². The summed E-state index contributed by atoms with van der Waals surface area (Å²) in [6.07, 6.45) is -0.0159. The monoisotopic (exact) mass is 515 g/mol. The number of nitrogens with one attached hydrogen (secondary N) is 2. The van der Waals surface area contributed by atoms with E-state index in [4.69, 9.17) is 9.47 Å². The minimum absolute atomic E-state index is 0. The molecule has 0 spiro atoms. The maximum absolute atomic E-state index is 5.93. The highest BCUT2D eigenvalue weighted by Crippen LogP contribution is 2.19. The summed E-state index contributed by atoms with van der Waals surface area (Å²) in [7, 11) is 3.42. The number of rotatable bonds is 9. The highest BCUT2D eigenvalue weighted by Gasteiger charge is 2.10. The Kier molecular flexibility index (Phi) is 10.9. The lowest BCUT2D eigenvalue weighted by Crippen LogP contribution is -2.43. The number of ether oxygens (including phenoxy) is 2. The molecule has 0 aliphatic rings. The molecule has 0 aliphatic carbocycles. The number of aromatic nitrogens is 2. The Morgan fingerprint density at radius 1 is 1.14 bits per heavy atom. The maximum Gasteiger partial charge on any atom is 0.191 e. The molecule has 2 aromatic rings. The average Bonchev–Trinajstić information content (AvgIpc) is 2.98. The van der Waals surface area contributed by atoms with Crippen LogP contribution in [0.25, 0.3) is 0 Å². The van der Waals surface area contributed by atoms with Gasteiger partial charge in [-0.05, 0) is 44.9 Å². The van der Waals surface area contributed by atoms with E-state index in [0.717, 1.165) is 36.2 Å². The summed E-state index contributed by atoms with van der Waals surface area (Å²) in [5.41, 5.74) is 2.25. The molecule has 0 fully saturated rings. The third-order valence-electron chi connectivity index (χ3n) is 4.36. The summed E-state index contributed by atoms with van der Waals surface area (Å²) in [5.74, 6) is 2.75. The van der Waals surface area contributed by atoms with Gasteiger partial charge in [0.25, 0.3) is 0 Å². The van der Waals surface area contributed by atoms with Gasteiger partial charge in [-0.1, -0.05) is 13.0 Å². The molecule has 2 N–H and O–H groups in total. The van der Waals surface area contributed by atoms with Crippen LogP contribution in [-0.4, -0.2) is 49.1 Å². The van der Waals surface area contributed by atoms with Crippen LogP contribution in [0.15, 0.2) is 35.3 Å². The van der Waals surface area contributed by atoms with Crippen LogP contribution in [0.4, 0.5) is 0 Å². The van der Waals surface area contributed by atoms with Crippen molar-refractivity contribution in [1.29, 1.82) is 0 Å². The highest BCUT2D eigenvalue weighted by atomic mass is 127. The Labute approximate surface area is 191 Å². The average molecular weight is 515 g/mol. The van der Waals surface area contributed by atoms with Crippen molar-refractivity contribution in [1.82, 2.24) is 20.4 Å². The molecule has 2 rings (SSSR count). The second kappa shape index (κ2) is 12.6. The van der Waals surface area contributed by atoms with Gasteiger partial charge in [-0.25, -0.2) is 0 Å². The van der Waals surface area contributed by atoms with E-state index in [2.05, 4.69) is 45.3 Å². The predicted octanol–water partition coefficient (Wildman–Crippen LogP) is 3.40. The van der Waals surface area contributed by atoms with E-state index in [0.29, 0.717) is 12.5 Å². The van der Waals surface area contributed by atoms with Gasteiger partial charge >= 0.3 is 0 Å². The fourth-order valence-electron chi connectivity index (χ4n) is 2.90. The Morgan fingerprint density at radius 2 is 1.83 bits per heavy atom. The molecule has 0 saturated carbocycles. The van der Waals surface area contributed by atoms with Crippen LogP contribution >= 0.6 is 24.0 Å². The number of aryl methyl sites for hydroxylation is 2. The summed E-state index contributed by atoms with van der Waals surface area (Å²) in [6.45, 7) is 10.7. The topological polar surface area (TPSA) is 72.7 Å². The lowest BCUT2D eigenvalue weighted by atomic mass is 10.2. The first-order chi connectivity index (χ1) is 13.4. The van der Waals surface area contributed by atoms with Crippen molar-refractivity contribution in [3.63, 3.8) is 0 Å². The van der Waals surface area contributed by atoms with Crippen LogP contribution in [0.1, 0.15) is 25.2 Å². The van der Waals surface area contributed by atoms with E-state index < -0.39 is 0 Å². The van der Waals surface area contributed by atoms with Gasteiger partial charge in [0, 0.05) is 31.9 Å². The molecular formula is C21H34IN5O2. The zero-order valence-electron chi connectivity index (χ0n) is 18.2. The predicted molar refractivity (Wildman–Crippen MR) is 129 cm³/mol. The number of guanidine groups is 1. The fraction of sp³-hybridized carbons (Fsp3) is 0.524. The fourth-order valence-corrected chi connectivity index (χ4v) is 2.90. The van der Waals surface area contributed by atoms with Gasteiger partial charge in [0.15, 0.2) is 5.96 Å². The van der Waals surface area contributed by atoms with E-state index in [1.807, 2.05) is 38.1 Å². The zero-order chi connectivity index (χ0) is 20.5. The minimum atomic E-state index is -0.0159. The van der Waals surface area contributed by atoms with Gasteiger partial charge in [-0.2, -0.15) is 5.10 Å². The molecule has 1 heterocycles. The smallest absolute Gasteiger partial charge is 0.191 e. The van der Waals surface area contributed by atoms with E-state index >= 15 is 0 Å². The Balaban J connectivity index is 0.00000420. The number of nitrogens with zero attached hydrogens (tertiary/aromatic N) is 3. The maximum atomic E-state index is 5.93. The Morgan fingerprint density at radius 3 is 2.45 bits per heavy atom. The zero-order valence-corrected chi connectivity index (χ0v) is 20.6. The largest absolute Gasteiger partial charge is 0.497 e. The van der Waals surface area contributed by atoms with Crippen molar-refractivity contribution in [3.05, 3.63) is 41.7 Å². The van der Waals surface area contributed by atoms with Gasteiger partial charge < -0.3 is 20.1 Å². The summed E-state index contributed by atoms with van der Waals surface area (Å²) in [6, 6.07) is 9.72. The second-order valence-electron chi connectivity index (χ2n) is 7.16. The van der Waals surface area contributed by atoms with Gasteiger partial charge in [-0.15, -0.1) is 24.0 Å². The van der Waals surface area contributed by atoms with E-state index in [-0.39, 0.29) is 30.1 Å². The molecule has 0 aliphatic heterocycles. The lowest BCUT2D eigenvalue weighted by Gasteiger charge is -2.19. The third kappa shape index (κ3) is 8.51. The third-order valence-corrected chi connectivity index (χ3v) is 4.36. The minimum Gasteiger partial charge on any atom is -0.497 e. The number of aliphatic imine (C=N–C) groups is 1. The lowest BCUT2D eigenvalue weighted by molar-refractivity contribution is 0.223. The summed E-state index contributed by atoms with van der Waals surface area (Å²) in [4.78, 5) is 4.29. The first-order valence-corrected chi connectivity index (χ1v) is 9.67.